The van der Waals surface area contributed by atoms with Crippen LogP contribution in [0.25, 0.3) is 10.1 Å². The van der Waals surface area contributed by atoms with Gasteiger partial charge in [-0.25, -0.2) is 0 Å². The molecule has 1 saturated heterocycles. The van der Waals surface area contributed by atoms with Gasteiger partial charge in [-0.05, 0) is 30.4 Å². The van der Waals surface area contributed by atoms with Crippen LogP contribution in [0.5, 0.6) is 0 Å². The summed E-state index contributed by atoms with van der Waals surface area (Å²) in [5.41, 5.74) is 0. The number of aromatic nitrogens is 3. The number of rotatable bonds is 9. The SMILES string of the molecule is C=CCNc1nc(NCC=C)nc(N2CCC(N(C)c3cc4ccccc4s3)CC2)n1. The van der Waals surface area contributed by atoms with Gasteiger partial charge in [0.1, 0.15) is 0 Å². The topological polar surface area (TPSA) is 69.2 Å². The molecule has 1 aliphatic heterocycles. The van der Waals surface area contributed by atoms with Gasteiger partial charge in [0.15, 0.2) is 0 Å². The maximum Gasteiger partial charge on any atom is 0.231 e. The summed E-state index contributed by atoms with van der Waals surface area (Å²) in [7, 11) is 2.21. The quantitative estimate of drug-likeness (QED) is 0.483. The molecule has 31 heavy (non-hydrogen) atoms. The Balaban J connectivity index is 1.44. The minimum absolute atomic E-state index is 0.503. The van der Waals surface area contributed by atoms with Crippen LogP contribution in [0.3, 0.4) is 0 Å². The largest absolute Gasteiger partial charge is 0.363 e. The van der Waals surface area contributed by atoms with Crippen molar-refractivity contribution in [2.45, 2.75) is 18.9 Å². The zero-order valence-corrected chi connectivity index (χ0v) is 18.7. The van der Waals surface area contributed by atoms with E-state index in [1.807, 2.05) is 11.3 Å². The Morgan fingerprint density at radius 2 is 1.71 bits per heavy atom. The van der Waals surface area contributed by atoms with Gasteiger partial charge in [-0.2, -0.15) is 15.0 Å². The van der Waals surface area contributed by atoms with Crippen LogP contribution in [0.15, 0.2) is 55.6 Å². The van der Waals surface area contributed by atoms with Gasteiger partial charge in [-0.1, -0.05) is 30.4 Å². The van der Waals surface area contributed by atoms with Gasteiger partial charge in [0.25, 0.3) is 0 Å². The molecule has 7 nitrogen and oxygen atoms in total. The van der Waals surface area contributed by atoms with E-state index in [0.717, 1.165) is 25.9 Å². The summed E-state index contributed by atoms with van der Waals surface area (Å²) in [5.74, 6) is 1.82. The molecular formula is C23H29N7S. The Hall–Kier alpha value is -3.13. The molecule has 0 bridgehead atoms. The van der Waals surface area contributed by atoms with Crippen molar-refractivity contribution >= 4 is 44.3 Å². The summed E-state index contributed by atoms with van der Waals surface area (Å²) in [4.78, 5) is 18.4. The van der Waals surface area contributed by atoms with Crippen molar-refractivity contribution in [1.29, 1.82) is 0 Å². The molecule has 2 aromatic heterocycles. The van der Waals surface area contributed by atoms with Gasteiger partial charge in [-0.15, -0.1) is 24.5 Å². The number of hydrogen-bond acceptors (Lipinski definition) is 8. The number of fused-ring (bicyclic) bond motifs is 1. The molecule has 1 fully saturated rings. The molecule has 162 valence electrons. The molecule has 0 spiro atoms. The summed E-state index contributed by atoms with van der Waals surface area (Å²) in [6.07, 6.45) is 5.69. The second kappa shape index (κ2) is 9.78. The lowest BCUT2D eigenvalue weighted by molar-refractivity contribution is 0.479. The second-order valence-electron chi connectivity index (χ2n) is 7.57. The molecule has 0 atom stereocenters. The highest BCUT2D eigenvalue weighted by atomic mass is 32.1. The fourth-order valence-electron chi connectivity index (χ4n) is 3.77. The Morgan fingerprint density at radius 3 is 2.32 bits per heavy atom. The van der Waals surface area contributed by atoms with E-state index in [4.69, 9.17) is 0 Å². The molecule has 1 aromatic carbocycles. The molecule has 1 aliphatic rings. The van der Waals surface area contributed by atoms with E-state index in [0.29, 0.717) is 37.0 Å². The number of thiophene rings is 1. The molecule has 0 aliphatic carbocycles. The van der Waals surface area contributed by atoms with Crippen LogP contribution in [-0.4, -0.2) is 54.2 Å². The molecule has 8 heteroatoms. The van der Waals surface area contributed by atoms with E-state index in [1.54, 1.807) is 12.2 Å². The average Bonchev–Trinajstić information content (AvgIpc) is 3.25. The molecule has 0 saturated carbocycles. The first-order valence-corrected chi connectivity index (χ1v) is 11.4. The summed E-state index contributed by atoms with van der Waals surface area (Å²) < 4.78 is 1.34. The van der Waals surface area contributed by atoms with Crippen LogP contribution in [0.4, 0.5) is 22.8 Å². The summed E-state index contributed by atoms with van der Waals surface area (Å²) in [6, 6.07) is 11.4. The van der Waals surface area contributed by atoms with Crippen molar-refractivity contribution in [3.05, 3.63) is 55.6 Å². The van der Waals surface area contributed by atoms with E-state index in [1.165, 1.54) is 15.1 Å². The standard InChI is InChI=1S/C23H29N7S/c1-4-12-24-21-26-22(25-13-5-2)28-23(27-21)30-14-10-18(11-15-30)29(3)20-16-17-8-6-7-9-19(17)31-20/h4-9,16,18H,1-2,10-15H2,3H3,(H2,24,25,26,27,28). The van der Waals surface area contributed by atoms with Crippen molar-refractivity contribution in [3.63, 3.8) is 0 Å². The monoisotopic (exact) mass is 435 g/mol. The Kier molecular flexibility index (Phi) is 6.66. The normalized spacial score (nSPS) is 14.4. The number of anilines is 4. The lowest BCUT2D eigenvalue weighted by Gasteiger charge is -2.37. The van der Waals surface area contributed by atoms with Crippen LogP contribution in [0.1, 0.15) is 12.8 Å². The zero-order chi connectivity index (χ0) is 21.6. The molecule has 0 amide bonds. The van der Waals surface area contributed by atoms with Crippen molar-refractivity contribution in [2.24, 2.45) is 0 Å². The molecule has 0 radical (unpaired) electrons. The fraction of sp³-hybridized carbons (Fsp3) is 0.348. The van der Waals surface area contributed by atoms with E-state index in [-0.39, 0.29) is 0 Å². The van der Waals surface area contributed by atoms with E-state index in [2.05, 4.69) is 85.9 Å². The summed E-state index contributed by atoms with van der Waals surface area (Å²) >= 11 is 1.86. The van der Waals surface area contributed by atoms with Gasteiger partial charge >= 0.3 is 0 Å². The first-order valence-electron chi connectivity index (χ1n) is 10.6. The van der Waals surface area contributed by atoms with Gasteiger partial charge in [0.2, 0.25) is 17.8 Å². The first-order chi connectivity index (χ1) is 15.2. The minimum atomic E-state index is 0.503. The van der Waals surface area contributed by atoms with Crippen LogP contribution >= 0.6 is 11.3 Å². The van der Waals surface area contributed by atoms with Crippen molar-refractivity contribution in [3.8, 4) is 0 Å². The number of nitrogens with one attached hydrogen (secondary N) is 2. The predicted octanol–water partition coefficient (Wildman–Crippen LogP) is 4.39. The van der Waals surface area contributed by atoms with Crippen LogP contribution < -0.4 is 20.4 Å². The molecule has 3 aromatic rings. The number of hydrogen-bond donors (Lipinski definition) is 2. The third-order valence-electron chi connectivity index (χ3n) is 5.49. The molecule has 4 rings (SSSR count). The van der Waals surface area contributed by atoms with Gasteiger partial charge in [-0.3, -0.25) is 0 Å². The lowest BCUT2D eigenvalue weighted by atomic mass is 10.0. The van der Waals surface area contributed by atoms with Gasteiger partial charge in [0.05, 0.1) is 5.00 Å². The van der Waals surface area contributed by atoms with E-state index < -0.39 is 0 Å². The smallest absolute Gasteiger partial charge is 0.231 e. The first kappa shape index (κ1) is 21.1. The predicted molar refractivity (Wildman–Crippen MR) is 133 cm³/mol. The highest BCUT2D eigenvalue weighted by molar-refractivity contribution is 7.22. The van der Waals surface area contributed by atoms with Crippen molar-refractivity contribution < 1.29 is 0 Å². The molecule has 0 unspecified atom stereocenters. The fourth-order valence-corrected chi connectivity index (χ4v) is 4.86. The number of nitrogens with zero attached hydrogens (tertiary/aromatic N) is 5. The zero-order valence-electron chi connectivity index (χ0n) is 17.9. The van der Waals surface area contributed by atoms with Crippen LogP contribution in [0.2, 0.25) is 0 Å². The highest BCUT2D eigenvalue weighted by Crippen LogP contribution is 2.34. The van der Waals surface area contributed by atoms with Gasteiger partial charge < -0.3 is 20.4 Å². The number of piperidine rings is 1. The highest BCUT2D eigenvalue weighted by Gasteiger charge is 2.25. The lowest BCUT2D eigenvalue weighted by Crippen LogP contribution is -2.44. The van der Waals surface area contributed by atoms with Gasteiger partial charge in [0, 0.05) is 44.0 Å². The maximum atomic E-state index is 4.63. The average molecular weight is 436 g/mol. The van der Waals surface area contributed by atoms with Crippen LogP contribution in [-0.2, 0) is 0 Å². The molecular weight excluding hydrogens is 406 g/mol. The van der Waals surface area contributed by atoms with E-state index in [9.17, 15) is 0 Å². The third kappa shape index (κ3) is 4.96. The number of benzene rings is 1. The Bertz CT molecular complexity index is 976. The molecule has 2 N–H and O–H groups in total. The van der Waals surface area contributed by atoms with Crippen LogP contribution in [0, 0.1) is 0 Å². The summed E-state index contributed by atoms with van der Waals surface area (Å²) in [6.45, 7) is 10.5. The summed E-state index contributed by atoms with van der Waals surface area (Å²) in [5, 5.41) is 8.99. The van der Waals surface area contributed by atoms with E-state index >= 15 is 0 Å². The third-order valence-corrected chi connectivity index (χ3v) is 6.69. The maximum absolute atomic E-state index is 4.63. The Morgan fingerprint density at radius 1 is 1.06 bits per heavy atom. The Labute approximate surface area is 187 Å². The molecule has 3 heterocycles. The van der Waals surface area contributed by atoms with Crippen molar-refractivity contribution in [2.75, 3.05) is 53.7 Å². The second-order valence-corrected chi connectivity index (χ2v) is 8.64. The minimum Gasteiger partial charge on any atom is -0.363 e. The van der Waals surface area contributed by atoms with Crippen molar-refractivity contribution in [1.82, 2.24) is 15.0 Å².